The molecule has 1 aromatic carbocycles. The van der Waals surface area contributed by atoms with E-state index < -0.39 is 10.1 Å². The molecule has 0 unspecified atom stereocenters. The molecule has 90 valence electrons. The molecule has 0 saturated carbocycles. The molecule has 0 aliphatic carbocycles. The minimum atomic E-state index is -3.50. The Balaban J connectivity index is 2.55. The molecule has 5 heteroatoms. The van der Waals surface area contributed by atoms with Crippen molar-refractivity contribution in [2.24, 2.45) is 0 Å². The van der Waals surface area contributed by atoms with E-state index >= 15 is 0 Å². The highest BCUT2D eigenvalue weighted by Gasteiger charge is 2.11. The summed E-state index contributed by atoms with van der Waals surface area (Å²) in [5.74, 6) is 0.340. The van der Waals surface area contributed by atoms with Gasteiger partial charge in [0.1, 0.15) is 11.5 Å². The molecule has 1 rings (SSSR count). The standard InChI is InChI=1S/C11H16O4S/c1-2-3-4-9-16(13,14)15-11-7-5-10(12)6-8-11/h5-8,12H,2-4,9H2,1H3. The second-order valence-electron chi connectivity index (χ2n) is 3.55. The van der Waals surface area contributed by atoms with Crippen molar-refractivity contribution >= 4 is 10.1 Å². The van der Waals surface area contributed by atoms with Gasteiger partial charge in [-0.3, -0.25) is 0 Å². The zero-order valence-electron chi connectivity index (χ0n) is 9.22. The van der Waals surface area contributed by atoms with Crippen LogP contribution >= 0.6 is 0 Å². The Labute approximate surface area is 96.0 Å². The second-order valence-corrected chi connectivity index (χ2v) is 5.24. The highest BCUT2D eigenvalue weighted by molar-refractivity contribution is 7.87. The molecule has 0 saturated heterocycles. The fourth-order valence-electron chi connectivity index (χ4n) is 1.22. The van der Waals surface area contributed by atoms with Gasteiger partial charge in [-0.1, -0.05) is 19.8 Å². The van der Waals surface area contributed by atoms with Gasteiger partial charge >= 0.3 is 10.1 Å². The van der Waals surface area contributed by atoms with E-state index in [1.54, 1.807) is 0 Å². The first-order valence-electron chi connectivity index (χ1n) is 5.24. The summed E-state index contributed by atoms with van der Waals surface area (Å²) >= 11 is 0. The van der Waals surface area contributed by atoms with Gasteiger partial charge in [-0.25, -0.2) is 0 Å². The summed E-state index contributed by atoms with van der Waals surface area (Å²) in [7, 11) is -3.50. The third-order valence-corrected chi connectivity index (χ3v) is 3.29. The van der Waals surface area contributed by atoms with E-state index in [9.17, 15) is 8.42 Å². The average molecular weight is 244 g/mol. The van der Waals surface area contributed by atoms with Gasteiger partial charge in [-0.05, 0) is 30.7 Å². The fraction of sp³-hybridized carbons (Fsp3) is 0.455. The normalized spacial score (nSPS) is 11.3. The van der Waals surface area contributed by atoms with Gasteiger partial charge < -0.3 is 9.29 Å². The maximum Gasteiger partial charge on any atom is 0.309 e. The van der Waals surface area contributed by atoms with E-state index in [0.717, 1.165) is 12.8 Å². The summed E-state index contributed by atoms with van der Waals surface area (Å²) < 4.78 is 27.8. The van der Waals surface area contributed by atoms with E-state index in [0.29, 0.717) is 6.42 Å². The van der Waals surface area contributed by atoms with Crippen molar-refractivity contribution in [3.8, 4) is 11.5 Å². The number of benzene rings is 1. The molecule has 0 aliphatic heterocycles. The molecular weight excluding hydrogens is 228 g/mol. The number of hydrogen-bond donors (Lipinski definition) is 1. The predicted octanol–water partition coefficient (Wildman–Crippen LogP) is 2.29. The van der Waals surface area contributed by atoms with Gasteiger partial charge in [0, 0.05) is 0 Å². The van der Waals surface area contributed by atoms with Crippen molar-refractivity contribution < 1.29 is 17.7 Å². The monoisotopic (exact) mass is 244 g/mol. The van der Waals surface area contributed by atoms with Crippen LogP contribution in [0.1, 0.15) is 26.2 Å². The number of hydrogen-bond acceptors (Lipinski definition) is 4. The largest absolute Gasteiger partial charge is 0.508 e. The number of phenolic OH excluding ortho intramolecular Hbond substituents is 1. The van der Waals surface area contributed by atoms with Crippen LogP contribution in [0.3, 0.4) is 0 Å². The molecule has 1 N–H and O–H groups in total. The molecule has 0 aliphatic rings. The SMILES string of the molecule is CCCCCS(=O)(=O)Oc1ccc(O)cc1. The van der Waals surface area contributed by atoms with Crippen LogP contribution in [0.15, 0.2) is 24.3 Å². The van der Waals surface area contributed by atoms with Crippen LogP contribution in [0.2, 0.25) is 0 Å². The van der Waals surface area contributed by atoms with Crippen molar-refractivity contribution in [1.82, 2.24) is 0 Å². The smallest absolute Gasteiger partial charge is 0.309 e. The van der Waals surface area contributed by atoms with Crippen molar-refractivity contribution in [1.29, 1.82) is 0 Å². The summed E-state index contributed by atoms with van der Waals surface area (Å²) in [4.78, 5) is 0. The lowest BCUT2D eigenvalue weighted by Gasteiger charge is -2.06. The highest BCUT2D eigenvalue weighted by Crippen LogP contribution is 2.18. The molecule has 4 nitrogen and oxygen atoms in total. The number of aromatic hydroxyl groups is 1. The maximum absolute atomic E-state index is 11.5. The summed E-state index contributed by atoms with van der Waals surface area (Å²) in [6.45, 7) is 2.01. The Bertz CT molecular complexity index is 408. The molecule has 0 spiro atoms. The van der Waals surface area contributed by atoms with E-state index in [1.807, 2.05) is 6.92 Å². The van der Waals surface area contributed by atoms with Gasteiger partial charge in [0.25, 0.3) is 0 Å². The molecule has 0 aromatic heterocycles. The summed E-state index contributed by atoms with van der Waals surface area (Å²) in [6.07, 6.45) is 2.45. The zero-order chi connectivity index (χ0) is 12.0. The van der Waals surface area contributed by atoms with Crippen LogP contribution < -0.4 is 4.18 Å². The van der Waals surface area contributed by atoms with E-state index in [1.165, 1.54) is 24.3 Å². The lowest BCUT2D eigenvalue weighted by Crippen LogP contribution is -2.13. The fourth-order valence-corrected chi connectivity index (χ4v) is 2.26. The first-order valence-corrected chi connectivity index (χ1v) is 6.82. The van der Waals surface area contributed by atoms with Gasteiger partial charge in [0.05, 0.1) is 5.75 Å². The van der Waals surface area contributed by atoms with E-state index in [2.05, 4.69) is 0 Å². The minimum Gasteiger partial charge on any atom is -0.508 e. The first-order chi connectivity index (χ1) is 7.53. The number of unbranched alkanes of at least 4 members (excludes halogenated alkanes) is 2. The molecule has 0 heterocycles. The summed E-state index contributed by atoms with van der Waals surface area (Å²) in [5, 5.41) is 9.02. The Hall–Kier alpha value is -1.23. The molecule has 1 aromatic rings. The Kier molecular flexibility index (Phi) is 4.61. The maximum atomic E-state index is 11.5. The lowest BCUT2D eigenvalue weighted by atomic mass is 10.3. The highest BCUT2D eigenvalue weighted by atomic mass is 32.2. The minimum absolute atomic E-state index is 0.0295. The zero-order valence-corrected chi connectivity index (χ0v) is 10.0. The molecule has 0 amide bonds. The topological polar surface area (TPSA) is 63.6 Å². The van der Waals surface area contributed by atoms with Crippen molar-refractivity contribution in [2.75, 3.05) is 5.75 Å². The molecular formula is C11H16O4S. The van der Waals surface area contributed by atoms with Crippen molar-refractivity contribution in [3.05, 3.63) is 24.3 Å². The average Bonchev–Trinajstić information content (AvgIpc) is 2.21. The van der Waals surface area contributed by atoms with Gasteiger partial charge in [0.15, 0.2) is 0 Å². The first kappa shape index (κ1) is 12.8. The van der Waals surface area contributed by atoms with E-state index in [4.69, 9.17) is 9.29 Å². The van der Waals surface area contributed by atoms with Crippen LogP contribution in [0.4, 0.5) is 0 Å². The quantitative estimate of drug-likeness (QED) is 0.616. The van der Waals surface area contributed by atoms with Gasteiger partial charge in [0.2, 0.25) is 0 Å². The van der Waals surface area contributed by atoms with Crippen molar-refractivity contribution in [3.63, 3.8) is 0 Å². The molecule has 16 heavy (non-hydrogen) atoms. The van der Waals surface area contributed by atoms with Crippen LogP contribution in [0, 0.1) is 0 Å². The Morgan fingerprint density at radius 3 is 2.38 bits per heavy atom. The molecule has 0 bridgehead atoms. The van der Waals surface area contributed by atoms with Crippen LogP contribution in [-0.2, 0) is 10.1 Å². The molecule has 0 radical (unpaired) electrons. The van der Waals surface area contributed by atoms with Crippen LogP contribution in [-0.4, -0.2) is 19.3 Å². The Morgan fingerprint density at radius 1 is 1.19 bits per heavy atom. The van der Waals surface area contributed by atoms with Gasteiger partial charge in [-0.2, -0.15) is 8.42 Å². The lowest BCUT2D eigenvalue weighted by molar-refractivity contribution is 0.468. The molecule has 0 atom stereocenters. The van der Waals surface area contributed by atoms with Crippen molar-refractivity contribution in [2.45, 2.75) is 26.2 Å². The second kappa shape index (κ2) is 5.75. The number of phenols is 1. The third kappa shape index (κ3) is 4.53. The molecule has 0 fully saturated rings. The van der Waals surface area contributed by atoms with Crippen LogP contribution in [0.25, 0.3) is 0 Å². The summed E-state index contributed by atoms with van der Waals surface area (Å²) in [6, 6.07) is 5.62. The summed E-state index contributed by atoms with van der Waals surface area (Å²) in [5.41, 5.74) is 0. The van der Waals surface area contributed by atoms with Crippen LogP contribution in [0.5, 0.6) is 11.5 Å². The number of rotatable bonds is 6. The Morgan fingerprint density at radius 2 is 1.81 bits per heavy atom. The van der Waals surface area contributed by atoms with Gasteiger partial charge in [-0.15, -0.1) is 0 Å². The third-order valence-electron chi connectivity index (χ3n) is 2.06. The van der Waals surface area contributed by atoms with E-state index in [-0.39, 0.29) is 17.3 Å². The predicted molar refractivity (Wildman–Crippen MR) is 62.0 cm³/mol.